The average molecular weight is 818 g/mol. The fraction of sp³-hybridized carbons (Fsp3) is 0.979. The summed E-state index contributed by atoms with van der Waals surface area (Å²) in [6, 6.07) is 0. The van der Waals surface area contributed by atoms with Crippen molar-refractivity contribution in [2.45, 2.75) is 264 Å². The number of phosphoric ester groups is 1. The van der Waals surface area contributed by atoms with E-state index in [1.165, 1.54) is 205 Å². The molecule has 336 valence electrons. The number of carbonyl (C=O) groups excluding carboxylic acids is 1. The van der Waals surface area contributed by atoms with E-state index in [0.29, 0.717) is 13.0 Å². The number of unbranched alkanes of at least 4 members (excludes halogenated alkanes) is 35. The van der Waals surface area contributed by atoms with Crippen LogP contribution in [0.5, 0.6) is 0 Å². The van der Waals surface area contributed by atoms with E-state index in [-0.39, 0.29) is 32.3 Å². The van der Waals surface area contributed by atoms with Crippen molar-refractivity contribution in [3.63, 3.8) is 0 Å². The van der Waals surface area contributed by atoms with Gasteiger partial charge in [-0.3, -0.25) is 13.8 Å². The molecule has 56 heavy (non-hydrogen) atoms. The molecule has 2 atom stereocenters. The van der Waals surface area contributed by atoms with Gasteiger partial charge in [0, 0.05) is 19.6 Å². The van der Waals surface area contributed by atoms with Gasteiger partial charge in [-0.25, -0.2) is 4.57 Å². The normalized spacial score (nSPS) is 13.3. The van der Waals surface area contributed by atoms with Crippen LogP contribution < -0.4 is 5.73 Å². The van der Waals surface area contributed by atoms with E-state index in [1.54, 1.807) is 0 Å². The highest BCUT2D eigenvalue weighted by molar-refractivity contribution is 7.47. The maximum absolute atomic E-state index is 12.6. The minimum absolute atomic E-state index is 0.0899. The first kappa shape index (κ1) is 55.5. The molecule has 0 aliphatic rings. The number of ether oxygens (including phenoxy) is 2. The van der Waals surface area contributed by atoms with E-state index >= 15 is 0 Å². The summed E-state index contributed by atoms with van der Waals surface area (Å²) < 4.78 is 33.5. The fourth-order valence-electron chi connectivity index (χ4n) is 7.41. The van der Waals surface area contributed by atoms with Crippen LogP contribution in [0.4, 0.5) is 0 Å². The number of nitrogens with two attached hydrogens (primary N) is 1. The Morgan fingerprint density at radius 3 is 1.12 bits per heavy atom. The zero-order chi connectivity index (χ0) is 40.9. The first-order valence-electron chi connectivity index (χ1n) is 24.5. The highest BCUT2D eigenvalue weighted by atomic mass is 31.2. The van der Waals surface area contributed by atoms with Gasteiger partial charge in [-0.2, -0.15) is 0 Å². The predicted molar refractivity (Wildman–Crippen MR) is 238 cm³/mol. The molecule has 0 aliphatic heterocycles. The minimum Gasteiger partial charge on any atom is -0.457 e. The second-order valence-corrected chi connectivity index (χ2v) is 18.2. The summed E-state index contributed by atoms with van der Waals surface area (Å²) in [4.78, 5) is 22.5. The molecule has 1 unspecified atom stereocenters. The number of rotatable bonds is 48. The van der Waals surface area contributed by atoms with E-state index in [9.17, 15) is 14.3 Å². The molecule has 0 aliphatic carbocycles. The van der Waals surface area contributed by atoms with E-state index in [2.05, 4.69) is 13.8 Å². The molecule has 3 N–H and O–H groups in total. The number of phosphoric acid groups is 1. The molecule has 0 saturated carbocycles. The SMILES string of the molecule is CCCCCCCCCCCCCCCCCCCCCCCCCC(=O)O[C@H](COCCCCCCCCCCCCCCCC)COP(=O)(O)OCCN. The van der Waals surface area contributed by atoms with Crippen LogP contribution in [0.1, 0.15) is 258 Å². The maximum atomic E-state index is 12.6. The van der Waals surface area contributed by atoms with Crippen molar-refractivity contribution in [3.8, 4) is 0 Å². The molecule has 0 aromatic carbocycles. The Labute approximate surface area is 348 Å². The van der Waals surface area contributed by atoms with E-state index in [1.807, 2.05) is 0 Å². The molecule has 8 nitrogen and oxygen atoms in total. The molecule has 0 fully saturated rings. The van der Waals surface area contributed by atoms with E-state index < -0.39 is 13.9 Å². The highest BCUT2D eigenvalue weighted by Crippen LogP contribution is 2.43. The molecule has 0 saturated heterocycles. The lowest BCUT2D eigenvalue weighted by atomic mass is 10.0. The molecule has 0 rings (SSSR count). The third-order valence-electron chi connectivity index (χ3n) is 11.0. The van der Waals surface area contributed by atoms with E-state index in [0.717, 1.165) is 32.1 Å². The van der Waals surface area contributed by atoms with Crippen molar-refractivity contribution in [1.29, 1.82) is 0 Å². The Bertz CT molecular complexity index is 832. The van der Waals surface area contributed by atoms with Gasteiger partial charge in [0.2, 0.25) is 0 Å². The molecule has 9 heteroatoms. The highest BCUT2D eigenvalue weighted by Gasteiger charge is 2.25. The Kier molecular flexibility index (Phi) is 45.2. The number of carbonyl (C=O) groups is 1. The Morgan fingerprint density at radius 2 is 0.786 bits per heavy atom. The van der Waals surface area contributed by atoms with Crippen LogP contribution in [0.15, 0.2) is 0 Å². The molecule has 0 aromatic rings. The monoisotopic (exact) mass is 818 g/mol. The van der Waals surface area contributed by atoms with Gasteiger partial charge in [-0.05, 0) is 12.8 Å². The summed E-state index contributed by atoms with van der Waals surface area (Å²) in [5, 5.41) is 0. The smallest absolute Gasteiger partial charge is 0.457 e. The first-order chi connectivity index (χ1) is 27.4. The fourth-order valence-corrected chi connectivity index (χ4v) is 8.18. The van der Waals surface area contributed by atoms with Crippen LogP contribution in [-0.4, -0.2) is 49.9 Å². The molecule has 0 bridgehead atoms. The summed E-state index contributed by atoms with van der Waals surface area (Å²) in [6.07, 6.45) is 48.5. The lowest BCUT2D eigenvalue weighted by Gasteiger charge is -2.20. The van der Waals surface area contributed by atoms with Crippen molar-refractivity contribution in [2.75, 3.05) is 33.0 Å². The molecule has 0 spiro atoms. The standard InChI is InChI=1S/C47H96NO7P/c1-3-5-7-9-11-13-15-17-19-20-21-22-23-24-25-26-27-28-30-32-34-36-38-40-47(49)55-46(45-54-56(50,51)53-43-41-48)44-52-42-39-37-35-33-31-29-18-16-14-12-10-8-6-4-2/h46H,3-45,48H2,1-2H3,(H,50,51)/t46-/m1/s1. The van der Waals surface area contributed by atoms with Crippen molar-refractivity contribution >= 4 is 13.8 Å². The first-order valence-corrected chi connectivity index (χ1v) is 26.0. The van der Waals surface area contributed by atoms with Gasteiger partial charge in [0.15, 0.2) is 0 Å². The van der Waals surface area contributed by atoms with Crippen LogP contribution in [0.3, 0.4) is 0 Å². The topological polar surface area (TPSA) is 117 Å². The molecule has 0 aromatic heterocycles. The van der Waals surface area contributed by atoms with Gasteiger partial charge in [0.1, 0.15) is 6.10 Å². The van der Waals surface area contributed by atoms with Crippen molar-refractivity contribution in [3.05, 3.63) is 0 Å². The van der Waals surface area contributed by atoms with Crippen molar-refractivity contribution in [2.24, 2.45) is 5.73 Å². The predicted octanol–water partition coefficient (Wildman–Crippen LogP) is 14.9. The van der Waals surface area contributed by atoms with Gasteiger partial charge in [0.05, 0.1) is 19.8 Å². The van der Waals surface area contributed by atoms with Gasteiger partial charge in [-0.1, -0.05) is 239 Å². The molecule has 0 radical (unpaired) electrons. The molecule has 0 heterocycles. The van der Waals surface area contributed by atoms with Gasteiger partial charge in [0.25, 0.3) is 0 Å². The van der Waals surface area contributed by atoms with Crippen LogP contribution in [0.2, 0.25) is 0 Å². The summed E-state index contributed by atoms with van der Waals surface area (Å²) >= 11 is 0. The van der Waals surface area contributed by atoms with Crippen LogP contribution in [-0.2, 0) is 27.9 Å². The number of hydrogen-bond acceptors (Lipinski definition) is 7. The average Bonchev–Trinajstić information content (AvgIpc) is 3.19. The van der Waals surface area contributed by atoms with Crippen LogP contribution in [0, 0.1) is 0 Å². The molecular weight excluding hydrogens is 721 g/mol. The number of esters is 1. The van der Waals surface area contributed by atoms with Gasteiger partial charge >= 0.3 is 13.8 Å². The van der Waals surface area contributed by atoms with E-state index in [4.69, 9.17) is 24.3 Å². The van der Waals surface area contributed by atoms with Crippen molar-refractivity contribution in [1.82, 2.24) is 0 Å². The Hall–Kier alpha value is -0.500. The lowest BCUT2D eigenvalue weighted by Crippen LogP contribution is -2.28. The summed E-state index contributed by atoms with van der Waals surface area (Å²) in [5.41, 5.74) is 5.38. The third kappa shape index (κ3) is 44.6. The lowest BCUT2D eigenvalue weighted by molar-refractivity contribution is -0.154. The molecular formula is C47H96NO7P. The maximum Gasteiger partial charge on any atom is 0.472 e. The van der Waals surface area contributed by atoms with Gasteiger partial charge < -0.3 is 20.1 Å². The minimum atomic E-state index is -4.27. The quantitative estimate of drug-likeness (QED) is 0.0354. The van der Waals surface area contributed by atoms with Gasteiger partial charge in [-0.15, -0.1) is 0 Å². The summed E-state index contributed by atoms with van der Waals surface area (Å²) in [5.74, 6) is -0.321. The van der Waals surface area contributed by atoms with Crippen LogP contribution >= 0.6 is 7.82 Å². The number of hydrogen-bond donors (Lipinski definition) is 2. The largest absolute Gasteiger partial charge is 0.472 e. The van der Waals surface area contributed by atoms with Crippen molar-refractivity contribution < 1.29 is 32.8 Å². The zero-order valence-corrected chi connectivity index (χ0v) is 38.3. The Morgan fingerprint density at radius 1 is 0.464 bits per heavy atom. The second kappa shape index (κ2) is 45.6. The second-order valence-electron chi connectivity index (χ2n) is 16.7. The summed E-state index contributed by atoms with van der Waals surface area (Å²) in [6.45, 7) is 5.00. The molecule has 0 amide bonds. The summed E-state index contributed by atoms with van der Waals surface area (Å²) in [7, 11) is -4.27. The van der Waals surface area contributed by atoms with Crippen LogP contribution in [0.25, 0.3) is 0 Å². The zero-order valence-electron chi connectivity index (χ0n) is 37.4. The third-order valence-corrected chi connectivity index (χ3v) is 12.0. The Balaban J connectivity index is 3.86.